The maximum absolute atomic E-state index is 13.4. The summed E-state index contributed by atoms with van der Waals surface area (Å²) < 4.78 is 23.9. The Morgan fingerprint density at radius 1 is 1.11 bits per heavy atom. The molecule has 0 bridgehead atoms. The molecule has 182 valence electrons. The number of anilines is 1. The summed E-state index contributed by atoms with van der Waals surface area (Å²) in [5, 5.41) is 2.83. The van der Waals surface area contributed by atoms with E-state index in [4.69, 9.17) is 0 Å². The fraction of sp³-hybridized carbons (Fsp3) is 0.346. The van der Waals surface area contributed by atoms with Gasteiger partial charge < -0.3 is 5.32 Å². The molecule has 1 atom stereocenters. The molecule has 35 heavy (non-hydrogen) atoms. The summed E-state index contributed by atoms with van der Waals surface area (Å²) in [6.07, 6.45) is 2.80. The van der Waals surface area contributed by atoms with E-state index in [9.17, 15) is 18.0 Å². The van der Waals surface area contributed by atoms with Crippen molar-refractivity contribution < 1.29 is 18.0 Å². The van der Waals surface area contributed by atoms with Crippen LogP contribution in [0.1, 0.15) is 59.1 Å². The van der Waals surface area contributed by atoms with Crippen molar-refractivity contribution in [3.63, 3.8) is 0 Å². The van der Waals surface area contributed by atoms with Crippen molar-refractivity contribution in [2.75, 3.05) is 11.1 Å². The lowest BCUT2D eigenvalue weighted by Gasteiger charge is -2.32. The Labute approximate surface area is 205 Å². The molecule has 1 aromatic carbocycles. The monoisotopic (exact) mass is 492 g/mol. The first-order valence-corrected chi connectivity index (χ1v) is 13.1. The number of Topliss-reactive ketones (excluding diaryl/α,β-unsaturated/α-hetero) is 1. The lowest BCUT2D eigenvalue weighted by Crippen LogP contribution is -2.39. The second-order valence-corrected chi connectivity index (χ2v) is 11.4. The molecule has 1 aliphatic rings. The van der Waals surface area contributed by atoms with Gasteiger partial charge in [-0.3, -0.25) is 14.6 Å². The molecular weight excluding hydrogens is 464 g/mol. The van der Waals surface area contributed by atoms with Crippen LogP contribution in [0.15, 0.2) is 47.5 Å². The topological polar surface area (TPSA) is 119 Å². The van der Waals surface area contributed by atoms with Gasteiger partial charge >= 0.3 is 0 Å². The number of rotatable bonds is 6. The molecule has 4 rings (SSSR count). The number of amides is 1. The van der Waals surface area contributed by atoms with Crippen molar-refractivity contribution in [2.45, 2.75) is 57.3 Å². The summed E-state index contributed by atoms with van der Waals surface area (Å²) >= 11 is 0. The second kappa shape index (κ2) is 9.30. The van der Waals surface area contributed by atoms with E-state index in [1.54, 1.807) is 25.1 Å². The van der Waals surface area contributed by atoms with Crippen molar-refractivity contribution in [1.82, 2.24) is 15.0 Å². The number of benzene rings is 1. The molecule has 0 spiro atoms. The molecule has 1 amide bonds. The summed E-state index contributed by atoms with van der Waals surface area (Å²) in [6, 6.07) is 9.97. The highest BCUT2D eigenvalue weighted by molar-refractivity contribution is 7.91. The maximum Gasteiger partial charge on any atom is 0.228 e. The Morgan fingerprint density at radius 3 is 2.49 bits per heavy atom. The lowest BCUT2D eigenvalue weighted by molar-refractivity contribution is -0.115. The average molecular weight is 493 g/mol. The van der Waals surface area contributed by atoms with Crippen molar-refractivity contribution in [3.8, 4) is 0 Å². The van der Waals surface area contributed by atoms with Crippen molar-refractivity contribution in [2.24, 2.45) is 0 Å². The van der Waals surface area contributed by atoms with Gasteiger partial charge in [0.2, 0.25) is 5.91 Å². The van der Waals surface area contributed by atoms with E-state index < -0.39 is 15.3 Å². The zero-order valence-electron chi connectivity index (χ0n) is 20.3. The van der Waals surface area contributed by atoms with Crippen LogP contribution in [-0.2, 0) is 32.9 Å². The third-order valence-corrected chi connectivity index (χ3v) is 8.17. The number of hydrogen-bond donors (Lipinski definition) is 1. The molecule has 2 heterocycles. The molecule has 0 saturated carbocycles. The number of nitrogens with one attached hydrogen (secondary N) is 1. The third kappa shape index (κ3) is 5.00. The fourth-order valence-corrected chi connectivity index (χ4v) is 5.23. The summed E-state index contributed by atoms with van der Waals surface area (Å²) in [6.45, 7) is 7.19. The largest absolute Gasteiger partial charge is 0.324 e. The van der Waals surface area contributed by atoms with Crippen LogP contribution < -0.4 is 5.32 Å². The standard InChI is InChI=1S/C26H28N4O4S/c1-5-35(33,34)21-8-6-18(7-9-21)13-23(31)30-20-14-19-10-11-26(4,25(32)24(19)27-15-20)22-12-16(2)28-17(3)29-22/h6-9,12,14-15H,5,10-11,13H2,1-4H3,(H,30,31). The molecule has 0 radical (unpaired) electrons. The van der Waals surface area contributed by atoms with Crippen molar-refractivity contribution in [1.29, 1.82) is 0 Å². The molecule has 1 aliphatic carbocycles. The molecule has 1 unspecified atom stereocenters. The molecule has 9 heteroatoms. The minimum atomic E-state index is -3.28. The molecule has 0 fully saturated rings. The van der Waals surface area contributed by atoms with Gasteiger partial charge in [-0.2, -0.15) is 0 Å². The minimum Gasteiger partial charge on any atom is -0.324 e. The van der Waals surface area contributed by atoms with E-state index in [0.717, 1.165) is 11.3 Å². The van der Waals surface area contributed by atoms with Crippen LogP contribution in [0.5, 0.6) is 0 Å². The summed E-state index contributed by atoms with van der Waals surface area (Å²) in [7, 11) is -3.28. The van der Waals surface area contributed by atoms with E-state index in [-0.39, 0.29) is 28.8 Å². The Bertz CT molecular complexity index is 1400. The number of ketones is 1. The summed E-state index contributed by atoms with van der Waals surface area (Å²) in [5.74, 6) is 0.318. The number of pyridine rings is 1. The summed E-state index contributed by atoms with van der Waals surface area (Å²) in [5.41, 5.74) is 3.16. The van der Waals surface area contributed by atoms with Gasteiger partial charge in [-0.05, 0) is 69.0 Å². The van der Waals surface area contributed by atoms with E-state index >= 15 is 0 Å². The highest BCUT2D eigenvalue weighted by Crippen LogP contribution is 2.37. The Kier molecular flexibility index (Phi) is 6.55. The first-order chi connectivity index (χ1) is 16.5. The van der Waals surface area contributed by atoms with Gasteiger partial charge in [0.05, 0.1) is 40.1 Å². The van der Waals surface area contributed by atoms with Crippen molar-refractivity contribution in [3.05, 3.63) is 76.6 Å². The number of sulfone groups is 1. The highest BCUT2D eigenvalue weighted by atomic mass is 32.2. The molecule has 0 aliphatic heterocycles. The van der Waals surface area contributed by atoms with Crippen LogP contribution in [0.4, 0.5) is 5.69 Å². The van der Waals surface area contributed by atoms with E-state index in [1.165, 1.54) is 18.3 Å². The number of fused-ring (bicyclic) bond motifs is 1. The van der Waals surface area contributed by atoms with Gasteiger partial charge in [0, 0.05) is 5.69 Å². The quantitative estimate of drug-likeness (QED) is 0.559. The third-order valence-electron chi connectivity index (χ3n) is 6.42. The van der Waals surface area contributed by atoms with Gasteiger partial charge in [0.25, 0.3) is 0 Å². The number of aryl methyl sites for hydroxylation is 3. The lowest BCUT2D eigenvalue weighted by atomic mass is 9.71. The zero-order valence-corrected chi connectivity index (χ0v) is 21.1. The number of nitrogens with zero attached hydrogens (tertiary/aromatic N) is 3. The first-order valence-electron chi connectivity index (χ1n) is 11.5. The SMILES string of the molecule is CCS(=O)(=O)c1ccc(CC(=O)Nc2cnc3c(c2)CCC(C)(c2cc(C)nc(C)n2)C3=O)cc1. The Balaban J connectivity index is 1.48. The minimum absolute atomic E-state index is 0.0260. The van der Waals surface area contributed by atoms with Gasteiger partial charge in [-0.15, -0.1) is 0 Å². The Hall–Kier alpha value is -3.46. The predicted molar refractivity (Wildman–Crippen MR) is 132 cm³/mol. The van der Waals surface area contributed by atoms with E-state index in [1.807, 2.05) is 26.8 Å². The summed E-state index contributed by atoms with van der Waals surface area (Å²) in [4.78, 5) is 39.4. The van der Waals surface area contributed by atoms with Gasteiger partial charge in [0.15, 0.2) is 15.6 Å². The molecule has 8 nitrogen and oxygen atoms in total. The fourth-order valence-electron chi connectivity index (χ4n) is 4.35. The average Bonchev–Trinajstić information content (AvgIpc) is 2.81. The second-order valence-electron chi connectivity index (χ2n) is 9.11. The number of aromatic nitrogens is 3. The molecule has 0 saturated heterocycles. The normalized spacial score (nSPS) is 17.7. The van der Waals surface area contributed by atoms with Crippen molar-refractivity contribution >= 4 is 27.2 Å². The van der Waals surface area contributed by atoms with Crippen LogP contribution in [0.2, 0.25) is 0 Å². The van der Waals surface area contributed by atoms with Crippen LogP contribution in [0.3, 0.4) is 0 Å². The molecule has 2 aromatic heterocycles. The van der Waals surface area contributed by atoms with E-state index in [0.29, 0.717) is 41.3 Å². The van der Waals surface area contributed by atoms with Crippen LogP contribution in [-0.4, -0.2) is 40.8 Å². The highest BCUT2D eigenvalue weighted by Gasteiger charge is 2.42. The van der Waals surface area contributed by atoms with Gasteiger partial charge in [0.1, 0.15) is 11.5 Å². The Morgan fingerprint density at radius 2 is 1.83 bits per heavy atom. The zero-order chi connectivity index (χ0) is 25.4. The smallest absolute Gasteiger partial charge is 0.228 e. The van der Waals surface area contributed by atoms with Gasteiger partial charge in [-0.25, -0.2) is 18.4 Å². The number of carbonyl (C=O) groups is 2. The van der Waals surface area contributed by atoms with Gasteiger partial charge in [-0.1, -0.05) is 19.1 Å². The number of hydrogen-bond acceptors (Lipinski definition) is 7. The first kappa shape index (κ1) is 24.7. The van der Waals surface area contributed by atoms with Crippen LogP contribution in [0.25, 0.3) is 0 Å². The molecule has 1 N–H and O–H groups in total. The molecular formula is C26H28N4O4S. The van der Waals surface area contributed by atoms with Crippen LogP contribution in [0, 0.1) is 13.8 Å². The number of carbonyl (C=O) groups excluding carboxylic acids is 2. The predicted octanol–water partition coefficient (Wildman–Crippen LogP) is 3.55. The van der Waals surface area contributed by atoms with Crippen LogP contribution >= 0.6 is 0 Å². The molecule has 3 aromatic rings. The van der Waals surface area contributed by atoms with E-state index in [2.05, 4.69) is 20.3 Å². The maximum atomic E-state index is 13.4.